The van der Waals surface area contributed by atoms with Gasteiger partial charge in [-0.1, -0.05) is 12.1 Å². The molecule has 0 radical (unpaired) electrons. The van der Waals surface area contributed by atoms with Gasteiger partial charge in [-0.25, -0.2) is 8.42 Å². The molecule has 0 bridgehead atoms. The first-order valence-corrected chi connectivity index (χ1v) is 10.5. The van der Waals surface area contributed by atoms with Crippen LogP contribution >= 0.6 is 15.9 Å². The average Bonchev–Trinajstić information content (AvgIpc) is 2.80. The lowest BCUT2D eigenvalue weighted by atomic mass is 10.1. The smallest absolute Gasteiger partial charge is 0.244 e. The van der Waals surface area contributed by atoms with E-state index in [0.29, 0.717) is 35.5 Å². The maximum absolute atomic E-state index is 12.8. The molecule has 0 aliphatic carbocycles. The Kier molecular flexibility index (Phi) is 5.59. The Bertz CT molecular complexity index is 702. The molecule has 2 heterocycles. The summed E-state index contributed by atoms with van der Waals surface area (Å²) in [5, 5.41) is 2.95. The van der Waals surface area contributed by atoms with Crippen molar-refractivity contribution >= 4 is 31.9 Å². The number of amides is 1. The molecule has 132 valence electrons. The van der Waals surface area contributed by atoms with Crippen molar-refractivity contribution in [3.8, 4) is 0 Å². The molecule has 0 aromatic heterocycles. The van der Waals surface area contributed by atoms with Crippen molar-refractivity contribution in [2.45, 2.75) is 30.2 Å². The molecule has 0 spiro atoms. The number of hydrogen-bond donors (Lipinski definition) is 1. The number of nitrogens with zero attached hydrogens (tertiary/aromatic N) is 2. The first-order valence-electron chi connectivity index (χ1n) is 8.26. The number of carbonyl (C=O) groups is 1. The fourth-order valence-corrected chi connectivity index (χ4v) is 5.71. The van der Waals surface area contributed by atoms with Crippen LogP contribution in [-0.2, 0) is 14.8 Å². The maximum atomic E-state index is 12.8. The van der Waals surface area contributed by atoms with E-state index in [2.05, 4.69) is 26.1 Å². The summed E-state index contributed by atoms with van der Waals surface area (Å²) in [5.41, 5.74) is 0. The highest BCUT2D eigenvalue weighted by Gasteiger charge is 2.34. The topological polar surface area (TPSA) is 69.7 Å². The monoisotopic (exact) mass is 415 g/mol. The molecule has 8 heteroatoms. The van der Waals surface area contributed by atoms with Gasteiger partial charge in [-0.3, -0.25) is 9.69 Å². The van der Waals surface area contributed by atoms with Gasteiger partial charge in [-0.2, -0.15) is 4.31 Å². The van der Waals surface area contributed by atoms with E-state index >= 15 is 0 Å². The normalized spacial score (nSPS) is 24.4. The van der Waals surface area contributed by atoms with Gasteiger partial charge in [0.1, 0.15) is 0 Å². The van der Waals surface area contributed by atoms with Crippen molar-refractivity contribution in [1.82, 2.24) is 14.5 Å². The van der Waals surface area contributed by atoms with E-state index in [9.17, 15) is 13.2 Å². The highest BCUT2D eigenvalue weighted by Crippen LogP contribution is 2.26. The molecule has 0 saturated carbocycles. The van der Waals surface area contributed by atoms with Gasteiger partial charge in [0.25, 0.3) is 0 Å². The second kappa shape index (κ2) is 7.51. The van der Waals surface area contributed by atoms with Gasteiger partial charge < -0.3 is 5.32 Å². The Morgan fingerprint density at radius 2 is 1.79 bits per heavy atom. The van der Waals surface area contributed by atoms with E-state index in [4.69, 9.17) is 0 Å². The van der Waals surface area contributed by atoms with E-state index in [-0.39, 0.29) is 11.9 Å². The number of halogens is 1. The number of carbonyl (C=O) groups excluding carboxylic acids is 1. The van der Waals surface area contributed by atoms with Gasteiger partial charge in [-0.15, -0.1) is 0 Å². The summed E-state index contributed by atoms with van der Waals surface area (Å²) < 4.78 is 27.7. The highest BCUT2D eigenvalue weighted by molar-refractivity contribution is 9.10. The van der Waals surface area contributed by atoms with E-state index in [1.54, 1.807) is 24.3 Å². The zero-order valence-electron chi connectivity index (χ0n) is 13.4. The third kappa shape index (κ3) is 3.66. The second-order valence-electron chi connectivity index (χ2n) is 6.17. The summed E-state index contributed by atoms with van der Waals surface area (Å²) in [5.74, 6) is 0.0783. The fraction of sp³-hybridized carbons (Fsp3) is 0.562. The minimum Gasteiger partial charge on any atom is -0.355 e. The molecule has 2 fully saturated rings. The minimum absolute atomic E-state index is 0.0783. The summed E-state index contributed by atoms with van der Waals surface area (Å²) in [6, 6.07) is 6.75. The van der Waals surface area contributed by atoms with Gasteiger partial charge >= 0.3 is 0 Å². The van der Waals surface area contributed by atoms with Gasteiger partial charge in [-0.05, 0) is 47.3 Å². The first kappa shape index (κ1) is 17.8. The molecule has 2 aliphatic rings. The van der Waals surface area contributed by atoms with E-state index in [1.165, 1.54) is 4.31 Å². The Hall–Kier alpha value is -0.960. The molecule has 2 aliphatic heterocycles. The molecular formula is C16H22BrN3O3S. The maximum Gasteiger partial charge on any atom is 0.244 e. The van der Waals surface area contributed by atoms with E-state index < -0.39 is 10.0 Å². The Morgan fingerprint density at radius 1 is 1.08 bits per heavy atom. The van der Waals surface area contributed by atoms with Crippen LogP contribution in [0.2, 0.25) is 0 Å². The van der Waals surface area contributed by atoms with Crippen LogP contribution in [0.15, 0.2) is 33.6 Å². The standard InChI is InChI=1S/C16H22BrN3O3S/c17-13-5-1-2-7-15(13)24(22,23)20-11-9-19(10-12-20)14-6-3-4-8-18-16(14)21/h1-2,5,7,14H,3-4,6,8-12H2,(H,18,21). The van der Waals surface area contributed by atoms with Crippen LogP contribution in [0.1, 0.15) is 19.3 Å². The van der Waals surface area contributed by atoms with Crippen LogP contribution in [-0.4, -0.2) is 62.3 Å². The zero-order chi connectivity index (χ0) is 17.2. The lowest BCUT2D eigenvalue weighted by Crippen LogP contribution is -2.55. The molecule has 1 atom stereocenters. The summed E-state index contributed by atoms with van der Waals surface area (Å²) in [6.45, 7) is 2.73. The number of nitrogens with one attached hydrogen (secondary N) is 1. The van der Waals surface area contributed by atoms with Crippen molar-refractivity contribution in [3.05, 3.63) is 28.7 Å². The fourth-order valence-electron chi connectivity index (χ4n) is 3.32. The van der Waals surface area contributed by atoms with Crippen molar-refractivity contribution in [3.63, 3.8) is 0 Å². The molecule has 6 nitrogen and oxygen atoms in total. The van der Waals surface area contributed by atoms with Crippen LogP contribution in [0.4, 0.5) is 0 Å². The Balaban J connectivity index is 1.68. The van der Waals surface area contributed by atoms with Crippen LogP contribution in [0.3, 0.4) is 0 Å². The van der Waals surface area contributed by atoms with Gasteiger partial charge in [0.15, 0.2) is 0 Å². The number of rotatable bonds is 3. The van der Waals surface area contributed by atoms with Crippen LogP contribution in [0, 0.1) is 0 Å². The molecule has 1 N–H and O–H groups in total. The van der Waals surface area contributed by atoms with Crippen LogP contribution in [0.5, 0.6) is 0 Å². The van der Waals surface area contributed by atoms with Crippen molar-refractivity contribution in [2.24, 2.45) is 0 Å². The largest absolute Gasteiger partial charge is 0.355 e. The molecule has 3 rings (SSSR count). The molecule has 1 aromatic rings. The minimum atomic E-state index is -3.51. The van der Waals surface area contributed by atoms with Crippen molar-refractivity contribution in [2.75, 3.05) is 32.7 Å². The van der Waals surface area contributed by atoms with E-state index in [1.807, 2.05) is 0 Å². The van der Waals surface area contributed by atoms with Crippen LogP contribution in [0.25, 0.3) is 0 Å². The Morgan fingerprint density at radius 3 is 2.50 bits per heavy atom. The van der Waals surface area contributed by atoms with Gasteiger partial charge in [0, 0.05) is 37.2 Å². The van der Waals surface area contributed by atoms with Gasteiger partial charge in [0.05, 0.1) is 10.9 Å². The zero-order valence-corrected chi connectivity index (χ0v) is 15.9. The average molecular weight is 416 g/mol. The molecule has 24 heavy (non-hydrogen) atoms. The number of benzene rings is 1. The molecule has 1 aromatic carbocycles. The molecule has 1 amide bonds. The first-order chi connectivity index (χ1) is 11.5. The Labute approximate surface area is 151 Å². The van der Waals surface area contributed by atoms with Crippen LogP contribution < -0.4 is 5.32 Å². The highest BCUT2D eigenvalue weighted by atomic mass is 79.9. The van der Waals surface area contributed by atoms with Crippen molar-refractivity contribution in [1.29, 1.82) is 0 Å². The van der Waals surface area contributed by atoms with E-state index in [0.717, 1.165) is 25.8 Å². The van der Waals surface area contributed by atoms with Crippen molar-refractivity contribution < 1.29 is 13.2 Å². The SMILES string of the molecule is O=C1NCCCCC1N1CCN(S(=O)(=O)c2ccccc2Br)CC1. The predicted octanol–water partition coefficient (Wildman–Crippen LogP) is 1.42. The summed E-state index contributed by atoms with van der Waals surface area (Å²) >= 11 is 3.32. The molecule has 1 unspecified atom stereocenters. The quantitative estimate of drug-likeness (QED) is 0.810. The third-order valence-electron chi connectivity index (χ3n) is 4.67. The lowest BCUT2D eigenvalue weighted by molar-refractivity contribution is -0.126. The number of sulfonamides is 1. The number of piperazine rings is 1. The summed E-state index contributed by atoms with van der Waals surface area (Å²) in [6.07, 6.45) is 2.89. The number of hydrogen-bond acceptors (Lipinski definition) is 4. The molecular weight excluding hydrogens is 394 g/mol. The second-order valence-corrected chi connectivity index (χ2v) is 8.93. The predicted molar refractivity (Wildman–Crippen MR) is 95.1 cm³/mol. The lowest BCUT2D eigenvalue weighted by Gasteiger charge is -2.37. The third-order valence-corrected chi connectivity index (χ3v) is 7.59. The summed E-state index contributed by atoms with van der Waals surface area (Å²) in [4.78, 5) is 14.6. The molecule has 2 saturated heterocycles. The summed E-state index contributed by atoms with van der Waals surface area (Å²) in [7, 11) is -3.51. The van der Waals surface area contributed by atoms with Gasteiger partial charge in [0.2, 0.25) is 15.9 Å².